The first kappa shape index (κ1) is 12.1. The quantitative estimate of drug-likeness (QED) is 0.765. The smallest absolute Gasteiger partial charge is 0.223 e. The van der Waals surface area contributed by atoms with Crippen LogP contribution in [0, 0.1) is 18.3 Å². The van der Waals surface area contributed by atoms with Crippen LogP contribution in [0.3, 0.4) is 0 Å². The van der Waals surface area contributed by atoms with Crippen LogP contribution in [-0.4, -0.2) is 22.6 Å². The number of aromatic amines is 1. The molecular formula is C13H21N3O. The van der Waals surface area contributed by atoms with Gasteiger partial charge in [-0.15, -0.1) is 0 Å². The number of carbonyl (C=O) groups excluding carboxylic acids is 1. The molecule has 0 saturated heterocycles. The van der Waals surface area contributed by atoms with Crippen LogP contribution in [0.5, 0.6) is 0 Å². The molecule has 1 aliphatic rings. The Morgan fingerprint density at radius 3 is 2.88 bits per heavy atom. The Morgan fingerprint density at radius 2 is 2.35 bits per heavy atom. The number of nitrogens with one attached hydrogen (secondary N) is 2. The summed E-state index contributed by atoms with van der Waals surface area (Å²) in [6.07, 6.45) is 4.83. The highest BCUT2D eigenvalue weighted by atomic mass is 16.2. The second-order valence-corrected chi connectivity index (χ2v) is 5.66. The van der Waals surface area contributed by atoms with Gasteiger partial charge in [-0.25, -0.2) is 0 Å². The van der Waals surface area contributed by atoms with E-state index in [4.69, 9.17) is 0 Å². The summed E-state index contributed by atoms with van der Waals surface area (Å²) < 4.78 is 0. The van der Waals surface area contributed by atoms with Gasteiger partial charge in [-0.1, -0.05) is 13.8 Å². The Bertz CT molecular complexity index is 409. The first-order valence-electron chi connectivity index (χ1n) is 6.27. The van der Waals surface area contributed by atoms with Crippen molar-refractivity contribution in [3.05, 3.63) is 17.5 Å². The van der Waals surface area contributed by atoms with Gasteiger partial charge in [0.25, 0.3) is 0 Å². The van der Waals surface area contributed by atoms with Crippen LogP contribution < -0.4 is 5.32 Å². The zero-order chi connectivity index (χ0) is 12.5. The summed E-state index contributed by atoms with van der Waals surface area (Å²) in [6, 6.07) is 0. The number of hydrogen-bond donors (Lipinski definition) is 2. The molecule has 1 heterocycles. The maximum Gasteiger partial charge on any atom is 0.223 e. The largest absolute Gasteiger partial charge is 0.356 e. The summed E-state index contributed by atoms with van der Waals surface area (Å²) in [5.41, 5.74) is 2.59. The van der Waals surface area contributed by atoms with Crippen molar-refractivity contribution in [2.24, 2.45) is 11.3 Å². The number of rotatable bonds is 5. The fourth-order valence-corrected chi connectivity index (χ4v) is 2.16. The molecule has 4 heteroatoms. The van der Waals surface area contributed by atoms with E-state index in [2.05, 4.69) is 29.4 Å². The van der Waals surface area contributed by atoms with Crippen molar-refractivity contribution in [3.8, 4) is 0 Å². The maximum atomic E-state index is 11.7. The van der Waals surface area contributed by atoms with Crippen molar-refractivity contribution >= 4 is 5.91 Å². The number of carbonyl (C=O) groups is 1. The van der Waals surface area contributed by atoms with Gasteiger partial charge in [0.15, 0.2) is 0 Å². The minimum atomic E-state index is 0.221. The zero-order valence-electron chi connectivity index (χ0n) is 10.8. The lowest BCUT2D eigenvalue weighted by Crippen LogP contribution is -2.27. The number of H-pyrrole nitrogens is 1. The molecule has 1 unspecified atom stereocenters. The second kappa shape index (κ2) is 4.51. The van der Waals surface area contributed by atoms with Crippen LogP contribution in [0.15, 0.2) is 6.20 Å². The molecule has 1 atom stereocenters. The number of nitrogens with zero attached hydrogens (tertiary/aromatic N) is 1. The van der Waals surface area contributed by atoms with Crippen molar-refractivity contribution in [2.75, 3.05) is 6.54 Å². The van der Waals surface area contributed by atoms with Crippen LogP contribution >= 0.6 is 0 Å². The van der Waals surface area contributed by atoms with E-state index in [-0.39, 0.29) is 17.2 Å². The Hall–Kier alpha value is -1.32. The van der Waals surface area contributed by atoms with E-state index in [1.165, 1.54) is 5.56 Å². The first-order chi connectivity index (χ1) is 8.00. The van der Waals surface area contributed by atoms with Crippen LogP contribution in [0.1, 0.15) is 37.9 Å². The lowest BCUT2D eigenvalue weighted by atomic mass is 10.1. The first-order valence-corrected chi connectivity index (χ1v) is 6.27. The monoisotopic (exact) mass is 235 g/mol. The summed E-state index contributed by atoms with van der Waals surface area (Å²) in [5, 5.41) is 9.91. The van der Waals surface area contributed by atoms with Gasteiger partial charge in [-0.3, -0.25) is 9.89 Å². The van der Waals surface area contributed by atoms with Gasteiger partial charge in [-0.05, 0) is 37.2 Å². The normalized spacial score (nSPS) is 21.2. The van der Waals surface area contributed by atoms with Gasteiger partial charge in [0.05, 0.1) is 6.20 Å². The summed E-state index contributed by atoms with van der Waals surface area (Å²) in [7, 11) is 0. The number of hydrogen-bond acceptors (Lipinski definition) is 2. The molecule has 1 fully saturated rings. The molecule has 0 spiro atoms. The zero-order valence-corrected chi connectivity index (χ0v) is 10.8. The van der Waals surface area contributed by atoms with Crippen LogP contribution in [-0.2, 0) is 11.2 Å². The van der Waals surface area contributed by atoms with Crippen LogP contribution in [0.25, 0.3) is 0 Å². The predicted molar refractivity (Wildman–Crippen MR) is 66.5 cm³/mol. The third kappa shape index (κ3) is 2.87. The van der Waals surface area contributed by atoms with Crippen molar-refractivity contribution in [1.29, 1.82) is 0 Å². The molecule has 0 aromatic carbocycles. The molecule has 4 nitrogen and oxygen atoms in total. The highest BCUT2D eigenvalue weighted by Gasteiger charge is 2.50. The highest BCUT2D eigenvalue weighted by Crippen LogP contribution is 2.51. The molecule has 1 amide bonds. The number of aryl methyl sites for hydroxylation is 2. The molecule has 0 bridgehead atoms. The van der Waals surface area contributed by atoms with Gasteiger partial charge >= 0.3 is 0 Å². The molecule has 1 aromatic rings. The van der Waals surface area contributed by atoms with Crippen LogP contribution in [0.4, 0.5) is 0 Å². The molecule has 0 aliphatic heterocycles. The SMILES string of the molecule is Cc1[nH]ncc1CCCNC(=O)C1CC1(C)C. The van der Waals surface area contributed by atoms with E-state index in [1.807, 2.05) is 13.1 Å². The highest BCUT2D eigenvalue weighted by molar-refractivity contribution is 5.82. The topological polar surface area (TPSA) is 57.8 Å². The molecule has 1 saturated carbocycles. The summed E-state index contributed by atoms with van der Waals surface area (Å²) in [5.74, 6) is 0.456. The second-order valence-electron chi connectivity index (χ2n) is 5.66. The maximum absolute atomic E-state index is 11.7. The van der Waals surface area contributed by atoms with E-state index in [9.17, 15) is 4.79 Å². The minimum Gasteiger partial charge on any atom is -0.356 e. The van der Waals surface area contributed by atoms with E-state index < -0.39 is 0 Å². The Kier molecular flexibility index (Phi) is 3.22. The van der Waals surface area contributed by atoms with E-state index in [1.54, 1.807) is 0 Å². The number of aromatic nitrogens is 2. The van der Waals surface area contributed by atoms with Crippen LogP contribution in [0.2, 0.25) is 0 Å². The Balaban J connectivity index is 1.64. The van der Waals surface area contributed by atoms with Crippen molar-refractivity contribution in [3.63, 3.8) is 0 Å². The fourth-order valence-electron chi connectivity index (χ4n) is 2.16. The van der Waals surface area contributed by atoms with Crippen molar-refractivity contribution in [2.45, 2.75) is 40.0 Å². The van der Waals surface area contributed by atoms with E-state index >= 15 is 0 Å². The molecule has 1 aliphatic carbocycles. The van der Waals surface area contributed by atoms with Crippen molar-refractivity contribution < 1.29 is 4.79 Å². The minimum absolute atomic E-state index is 0.221. The summed E-state index contributed by atoms with van der Waals surface area (Å²) in [4.78, 5) is 11.7. The molecule has 2 N–H and O–H groups in total. The predicted octanol–water partition coefficient (Wildman–Crippen LogP) is 1.81. The molecule has 17 heavy (non-hydrogen) atoms. The van der Waals surface area contributed by atoms with Crippen molar-refractivity contribution in [1.82, 2.24) is 15.5 Å². The molecule has 1 aromatic heterocycles. The Labute approximate surface area is 102 Å². The summed E-state index contributed by atoms with van der Waals surface area (Å²) in [6.45, 7) is 7.07. The molecule has 0 radical (unpaired) electrons. The average Bonchev–Trinajstić information content (AvgIpc) is 2.71. The van der Waals surface area contributed by atoms with Gasteiger partial charge in [0.2, 0.25) is 5.91 Å². The van der Waals surface area contributed by atoms with Gasteiger partial charge < -0.3 is 5.32 Å². The third-order valence-electron chi connectivity index (χ3n) is 3.69. The van der Waals surface area contributed by atoms with E-state index in [0.717, 1.165) is 31.5 Å². The third-order valence-corrected chi connectivity index (χ3v) is 3.69. The Morgan fingerprint density at radius 1 is 1.65 bits per heavy atom. The summed E-state index contributed by atoms with van der Waals surface area (Å²) >= 11 is 0. The molecular weight excluding hydrogens is 214 g/mol. The van der Waals surface area contributed by atoms with E-state index in [0.29, 0.717) is 0 Å². The van der Waals surface area contributed by atoms with Gasteiger partial charge in [0, 0.05) is 18.2 Å². The lowest BCUT2D eigenvalue weighted by Gasteiger charge is -2.06. The lowest BCUT2D eigenvalue weighted by molar-refractivity contribution is -0.122. The molecule has 2 rings (SSSR count). The molecule has 94 valence electrons. The standard InChI is InChI=1S/C13H21N3O/c1-9-10(8-15-16-9)5-4-6-14-12(17)11-7-13(11,2)3/h8,11H,4-7H2,1-3H3,(H,14,17)(H,15,16). The van der Waals surface area contributed by atoms with Gasteiger partial charge in [-0.2, -0.15) is 5.10 Å². The van der Waals surface area contributed by atoms with Gasteiger partial charge in [0.1, 0.15) is 0 Å². The fraction of sp³-hybridized carbons (Fsp3) is 0.692. The number of amides is 1. The average molecular weight is 235 g/mol.